The van der Waals surface area contributed by atoms with Crippen molar-refractivity contribution in [3.8, 4) is 11.5 Å². The third-order valence-corrected chi connectivity index (χ3v) is 4.01. The molecular formula is C20H26NO5+. The zero-order valence-corrected chi connectivity index (χ0v) is 15.1. The molecule has 0 unspecified atom stereocenters. The van der Waals surface area contributed by atoms with Gasteiger partial charge in [-0.25, -0.2) is 0 Å². The van der Waals surface area contributed by atoms with Crippen molar-refractivity contribution < 1.29 is 29.8 Å². The van der Waals surface area contributed by atoms with Crippen LogP contribution in [-0.4, -0.2) is 48.9 Å². The number of methoxy groups -OCH3 is 1. The predicted molar refractivity (Wildman–Crippen MR) is 97.6 cm³/mol. The monoisotopic (exact) mass is 360 g/mol. The molecule has 2 atom stereocenters. The third kappa shape index (κ3) is 5.84. The van der Waals surface area contributed by atoms with Gasteiger partial charge in [-0.3, -0.25) is 4.79 Å². The maximum atomic E-state index is 11.4. The molecule has 2 rings (SSSR count). The van der Waals surface area contributed by atoms with Gasteiger partial charge in [0.25, 0.3) is 0 Å². The summed E-state index contributed by atoms with van der Waals surface area (Å²) in [5, 5.41) is 22.0. The molecule has 2 aromatic rings. The van der Waals surface area contributed by atoms with Crippen LogP contribution in [0.1, 0.15) is 28.9 Å². The normalized spacial score (nSPS) is 13.1. The number of aliphatic hydroxyl groups is 2. The molecule has 0 saturated carbocycles. The summed E-state index contributed by atoms with van der Waals surface area (Å²) in [6.45, 7) is 2.43. The number of Topliss-reactive ketones (excluding diaryl/α,β-unsaturated/α-hetero) is 1. The van der Waals surface area contributed by atoms with Gasteiger partial charge in [0, 0.05) is 5.56 Å². The van der Waals surface area contributed by atoms with E-state index in [4.69, 9.17) is 9.47 Å². The number of hydrogen-bond donors (Lipinski definition) is 3. The van der Waals surface area contributed by atoms with E-state index in [0.29, 0.717) is 30.2 Å². The lowest BCUT2D eigenvalue weighted by Gasteiger charge is -2.15. The summed E-state index contributed by atoms with van der Waals surface area (Å²) in [6, 6.07) is 14.3. The number of nitrogens with two attached hydrogens (primary N) is 1. The van der Waals surface area contributed by atoms with Crippen molar-refractivity contribution in [2.24, 2.45) is 0 Å². The molecule has 0 radical (unpaired) electrons. The van der Waals surface area contributed by atoms with Gasteiger partial charge in [0.2, 0.25) is 0 Å². The number of hydrogen-bond acceptors (Lipinski definition) is 5. The Kier molecular flexibility index (Phi) is 7.59. The second-order valence-corrected chi connectivity index (χ2v) is 6.07. The Bertz CT molecular complexity index is 705. The van der Waals surface area contributed by atoms with Crippen molar-refractivity contribution >= 4 is 5.78 Å². The predicted octanol–water partition coefficient (Wildman–Crippen LogP) is 0.934. The largest absolute Gasteiger partial charge is 0.493 e. The summed E-state index contributed by atoms with van der Waals surface area (Å²) in [7, 11) is 1.50. The third-order valence-electron chi connectivity index (χ3n) is 4.01. The van der Waals surface area contributed by atoms with Crippen LogP contribution in [0.3, 0.4) is 0 Å². The standard InChI is InChI=1S/C20H25NO5/c1-14(22)16-8-9-19(20(10-16)25-2)26-13-17(23)11-21-12-18(24)15-6-4-3-5-7-15/h3-10,17-18,21,23-24H,11-13H2,1-2H3/p+1/t17-,18+/m0/s1. The number of rotatable bonds is 10. The number of carbonyl (C=O) groups is 1. The summed E-state index contributed by atoms with van der Waals surface area (Å²) in [6.07, 6.45) is -1.28. The van der Waals surface area contributed by atoms with E-state index in [9.17, 15) is 15.0 Å². The van der Waals surface area contributed by atoms with Crippen molar-refractivity contribution in [2.75, 3.05) is 26.8 Å². The quantitative estimate of drug-likeness (QED) is 0.548. The SMILES string of the molecule is COc1cc(C(C)=O)ccc1OC[C@@H](O)C[NH2+]C[C@@H](O)c1ccccc1. The van der Waals surface area contributed by atoms with E-state index in [-0.39, 0.29) is 12.4 Å². The van der Waals surface area contributed by atoms with Crippen molar-refractivity contribution in [1.82, 2.24) is 0 Å². The first-order valence-corrected chi connectivity index (χ1v) is 8.55. The van der Waals surface area contributed by atoms with Gasteiger partial charge in [0.15, 0.2) is 17.3 Å². The molecule has 6 heteroatoms. The summed E-state index contributed by atoms with van der Waals surface area (Å²) in [4.78, 5) is 11.4. The fraction of sp³-hybridized carbons (Fsp3) is 0.350. The minimum absolute atomic E-state index is 0.0542. The van der Waals surface area contributed by atoms with Gasteiger partial charge in [-0.15, -0.1) is 0 Å². The zero-order valence-electron chi connectivity index (χ0n) is 15.1. The second kappa shape index (κ2) is 9.91. The highest BCUT2D eigenvalue weighted by molar-refractivity contribution is 5.94. The summed E-state index contributed by atoms with van der Waals surface area (Å²) in [5.74, 6) is 0.871. The lowest BCUT2D eigenvalue weighted by Crippen LogP contribution is -2.87. The van der Waals surface area contributed by atoms with Crippen LogP contribution in [0.4, 0.5) is 0 Å². The molecule has 0 aliphatic heterocycles. The molecule has 6 nitrogen and oxygen atoms in total. The first kappa shape index (κ1) is 19.9. The summed E-state index contributed by atoms with van der Waals surface area (Å²) in [5.41, 5.74) is 1.39. The Morgan fingerprint density at radius 3 is 2.46 bits per heavy atom. The van der Waals surface area contributed by atoms with Crippen LogP contribution in [0.15, 0.2) is 48.5 Å². The van der Waals surface area contributed by atoms with Gasteiger partial charge in [-0.2, -0.15) is 0 Å². The van der Waals surface area contributed by atoms with Crippen molar-refractivity contribution in [3.05, 3.63) is 59.7 Å². The molecule has 2 aromatic carbocycles. The number of aliphatic hydroxyl groups excluding tert-OH is 2. The number of ketones is 1. The van der Waals surface area contributed by atoms with E-state index in [0.717, 1.165) is 5.56 Å². The molecule has 4 N–H and O–H groups in total. The number of carbonyl (C=O) groups excluding carboxylic acids is 1. The Balaban J connectivity index is 1.78. The zero-order chi connectivity index (χ0) is 18.9. The molecule has 0 saturated heterocycles. The van der Waals surface area contributed by atoms with Gasteiger partial charge in [-0.1, -0.05) is 30.3 Å². The first-order chi connectivity index (χ1) is 12.5. The van der Waals surface area contributed by atoms with Crippen LogP contribution in [0.25, 0.3) is 0 Å². The van der Waals surface area contributed by atoms with Crippen LogP contribution in [0.2, 0.25) is 0 Å². The highest BCUT2D eigenvalue weighted by atomic mass is 16.5. The van der Waals surface area contributed by atoms with Crippen LogP contribution in [0, 0.1) is 0 Å². The van der Waals surface area contributed by atoms with E-state index in [1.807, 2.05) is 35.6 Å². The van der Waals surface area contributed by atoms with Gasteiger partial charge in [0.1, 0.15) is 31.9 Å². The second-order valence-electron chi connectivity index (χ2n) is 6.07. The Labute approximate surface area is 153 Å². The number of quaternary nitrogens is 1. The number of benzene rings is 2. The Morgan fingerprint density at radius 2 is 1.81 bits per heavy atom. The minimum Gasteiger partial charge on any atom is -0.493 e. The fourth-order valence-corrected chi connectivity index (χ4v) is 2.52. The smallest absolute Gasteiger partial charge is 0.161 e. The fourth-order valence-electron chi connectivity index (χ4n) is 2.52. The summed E-state index contributed by atoms with van der Waals surface area (Å²) < 4.78 is 10.8. The van der Waals surface area contributed by atoms with E-state index < -0.39 is 12.2 Å². The van der Waals surface area contributed by atoms with Crippen LogP contribution in [0.5, 0.6) is 11.5 Å². The lowest BCUT2D eigenvalue weighted by atomic mass is 10.1. The Hall–Kier alpha value is -2.41. The average Bonchev–Trinajstić information content (AvgIpc) is 2.66. The topological polar surface area (TPSA) is 92.6 Å². The van der Waals surface area contributed by atoms with Gasteiger partial charge in [-0.05, 0) is 30.7 Å². The molecule has 0 spiro atoms. The molecule has 0 aliphatic carbocycles. The highest BCUT2D eigenvalue weighted by Crippen LogP contribution is 2.28. The molecule has 0 fully saturated rings. The van der Waals surface area contributed by atoms with Gasteiger partial charge < -0.3 is 25.0 Å². The van der Waals surface area contributed by atoms with Crippen molar-refractivity contribution in [1.29, 1.82) is 0 Å². The van der Waals surface area contributed by atoms with E-state index in [1.54, 1.807) is 18.2 Å². The summed E-state index contributed by atoms with van der Waals surface area (Å²) >= 11 is 0. The van der Waals surface area contributed by atoms with Crippen molar-refractivity contribution in [3.63, 3.8) is 0 Å². The van der Waals surface area contributed by atoms with E-state index in [1.165, 1.54) is 14.0 Å². The molecule has 0 bridgehead atoms. The molecule has 0 heterocycles. The minimum atomic E-state index is -0.699. The molecule has 26 heavy (non-hydrogen) atoms. The van der Waals surface area contributed by atoms with Crippen LogP contribution < -0.4 is 14.8 Å². The molecular weight excluding hydrogens is 334 g/mol. The van der Waals surface area contributed by atoms with Crippen molar-refractivity contribution in [2.45, 2.75) is 19.1 Å². The first-order valence-electron chi connectivity index (χ1n) is 8.55. The highest BCUT2D eigenvalue weighted by Gasteiger charge is 2.14. The average molecular weight is 360 g/mol. The van der Waals surface area contributed by atoms with Crippen LogP contribution in [-0.2, 0) is 0 Å². The molecule has 0 amide bonds. The maximum absolute atomic E-state index is 11.4. The molecule has 140 valence electrons. The van der Waals surface area contributed by atoms with E-state index >= 15 is 0 Å². The Morgan fingerprint density at radius 1 is 1.08 bits per heavy atom. The van der Waals surface area contributed by atoms with Gasteiger partial charge in [0.05, 0.1) is 7.11 Å². The van der Waals surface area contributed by atoms with Crippen LogP contribution >= 0.6 is 0 Å². The lowest BCUT2D eigenvalue weighted by molar-refractivity contribution is -0.668. The number of ether oxygens (including phenoxy) is 2. The molecule has 0 aliphatic rings. The maximum Gasteiger partial charge on any atom is 0.161 e. The van der Waals surface area contributed by atoms with E-state index in [2.05, 4.69) is 0 Å². The van der Waals surface area contributed by atoms with Gasteiger partial charge >= 0.3 is 0 Å². The molecule has 0 aromatic heterocycles.